The van der Waals surface area contributed by atoms with Crippen molar-refractivity contribution in [2.24, 2.45) is 5.92 Å². The van der Waals surface area contributed by atoms with Gasteiger partial charge in [-0.3, -0.25) is 4.79 Å². The molecule has 1 unspecified atom stereocenters. The minimum Gasteiger partial charge on any atom is -0.370 e. The Hall–Kier alpha value is -3.25. The van der Waals surface area contributed by atoms with Crippen LogP contribution in [0.3, 0.4) is 0 Å². The van der Waals surface area contributed by atoms with Gasteiger partial charge in [-0.25, -0.2) is 9.07 Å². The molecule has 6 heteroatoms. The summed E-state index contributed by atoms with van der Waals surface area (Å²) >= 11 is 0. The highest BCUT2D eigenvalue weighted by Gasteiger charge is 2.43. The maximum Gasteiger partial charge on any atom is 0.223 e. The summed E-state index contributed by atoms with van der Waals surface area (Å²) in [7, 11) is 0. The molecule has 174 valence electrons. The summed E-state index contributed by atoms with van der Waals surface area (Å²) < 4.78 is 21.7. The van der Waals surface area contributed by atoms with E-state index in [2.05, 4.69) is 34.7 Å². The number of aryl methyl sites for hydroxylation is 1. The Morgan fingerprint density at radius 2 is 1.94 bits per heavy atom. The lowest BCUT2D eigenvalue weighted by Gasteiger charge is -2.33. The molecule has 1 aliphatic heterocycles. The van der Waals surface area contributed by atoms with Gasteiger partial charge in [-0.15, -0.1) is 0 Å². The molecule has 34 heavy (non-hydrogen) atoms. The van der Waals surface area contributed by atoms with Crippen molar-refractivity contribution in [1.29, 1.82) is 0 Å². The normalized spacial score (nSPS) is 21.0. The molecule has 3 aromatic rings. The number of rotatable bonds is 7. The highest BCUT2D eigenvalue weighted by molar-refractivity contribution is 5.80. The van der Waals surface area contributed by atoms with Gasteiger partial charge in [0.15, 0.2) is 0 Å². The third-order valence-corrected chi connectivity index (χ3v) is 7.40. The molecule has 1 aromatic heterocycles. The van der Waals surface area contributed by atoms with E-state index in [1.54, 1.807) is 12.1 Å². The predicted molar refractivity (Wildman–Crippen MR) is 128 cm³/mol. The highest BCUT2D eigenvalue weighted by atomic mass is 19.1. The number of hydrogen-bond acceptors (Lipinski definition) is 3. The summed E-state index contributed by atoms with van der Waals surface area (Å²) in [5, 5.41) is 7.71. The van der Waals surface area contributed by atoms with Gasteiger partial charge < -0.3 is 10.1 Å². The van der Waals surface area contributed by atoms with E-state index < -0.39 is 0 Å². The summed E-state index contributed by atoms with van der Waals surface area (Å²) in [6, 6.07) is 14.8. The number of amides is 1. The first-order valence-electron chi connectivity index (χ1n) is 12.1. The van der Waals surface area contributed by atoms with E-state index in [1.807, 2.05) is 16.9 Å². The van der Waals surface area contributed by atoms with Crippen LogP contribution in [0.2, 0.25) is 0 Å². The van der Waals surface area contributed by atoms with E-state index in [1.165, 1.54) is 28.8 Å². The number of aromatic nitrogens is 2. The van der Waals surface area contributed by atoms with Crippen molar-refractivity contribution in [3.8, 4) is 5.69 Å². The molecule has 0 spiro atoms. The van der Waals surface area contributed by atoms with Gasteiger partial charge >= 0.3 is 0 Å². The van der Waals surface area contributed by atoms with Crippen molar-refractivity contribution in [1.82, 2.24) is 15.1 Å². The van der Waals surface area contributed by atoms with Crippen LogP contribution in [0.1, 0.15) is 48.1 Å². The Kier molecular flexibility index (Phi) is 5.33. The number of carbonyl (C=O) groups excluding carboxylic acids is 1. The average molecular weight is 458 g/mol. The molecule has 0 radical (unpaired) electrons. The number of halogens is 1. The number of hydrogen-bond donors (Lipinski definition) is 1. The highest BCUT2D eigenvalue weighted by Crippen LogP contribution is 2.44. The topological polar surface area (TPSA) is 56.2 Å². The molecule has 1 saturated carbocycles. The maximum absolute atomic E-state index is 13.4. The second-order valence-corrected chi connectivity index (χ2v) is 9.64. The van der Waals surface area contributed by atoms with Crippen molar-refractivity contribution < 1.29 is 13.9 Å². The van der Waals surface area contributed by atoms with Gasteiger partial charge in [-0.05, 0) is 79.1 Å². The van der Waals surface area contributed by atoms with Crippen LogP contribution in [-0.4, -0.2) is 27.9 Å². The van der Waals surface area contributed by atoms with Crippen LogP contribution in [0, 0.1) is 11.7 Å². The second kappa shape index (κ2) is 8.51. The summed E-state index contributed by atoms with van der Waals surface area (Å²) in [6.45, 7) is 1.30. The summed E-state index contributed by atoms with van der Waals surface area (Å²) in [6.07, 6.45) is 9.63. The van der Waals surface area contributed by atoms with Crippen molar-refractivity contribution in [3.63, 3.8) is 0 Å². The molecule has 2 heterocycles. The van der Waals surface area contributed by atoms with E-state index >= 15 is 0 Å². The lowest BCUT2D eigenvalue weighted by molar-refractivity contribution is -0.122. The first-order valence-corrected chi connectivity index (χ1v) is 12.1. The van der Waals surface area contributed by atoms with Gasteiger partial charge in [0, 0.05) is 24.4 Å². The van der Waals surface area contributed by atoms with Crippen LogP contribution in [0.25, 0.3) is 11.8 Å². The lowest BCUT2D eigenvalue weighted by atomic mass is 9.78. The fourth-order valence-corrected chi connectivity index (χ4v) is 5.29. The SMILES string of the molecule is O=C(NCc1ccccc1CCC12Cc3cnn(-c4ccc(F)cc4)c3C=C1CCO2)C1CC1. The van der Waals surface area contributed by atoms with Crippen LogP contribution in [-0.2, 0) is 28.9 Å². The fraction of sp³-hybridized carbons (Fsp3) is 0.357. The number of nitrogens with one attached hydrogen (secondary N) is 1. The molecule has 6 rings (SSSR count). The zero-order valence-corrected chi connectivity index (χ0v) is 19.1. The summed E-state index contributed by atoms with van der Waals surface area (Å²) in [4.78, 5) is 12.1. The average Bonchev–Trinajstić information content (AvgIpc) is 3.52. The quantitative estimate of drug-likeness (QED) is 0.556. The van der Waals surface area contributed by atoms with Gasteiger partial charge in [0.05, 0.1) is 29.8 Å². The van der Waals surface area contributed by atoms with E-state index in [-0.39, 0.29) is 23.2 Å². The van der Waals surface area contributed by atoms with E-state index in [4.69, 9.17) is 4.74 Å². The van der Waals surface area contributed by atoms with Crippen molar-refractivity contribution in [2.45, 2.75) is 50.7 Å². The molecule has 1 amide bonds. The smallest absolute Gasteiger partial charge is 0.223 e. The molecule has 0 bridgehead atoms. The maximum atomic E-state index is 13.4. The summed E-state index contributed by atoms with van der Waals surface area (Å²) in [5.74, 6) is 0.146. The second-order valence-electron chi connectivity index (χ2n) is 9.64. The molecule has 1 atom stereocenters. The molecule has 1 saturated heterocycles. The lowest BCUT2D eigenvalue weighted by Crippen LogP contribution is -2.35. The number of carbonyl (C=O) groups is 1. The minimum atomic E-state index is -0.311. The molecule has 5 nitrogen and oxygen atoms in total. The fourth-order valence-electron chi connectivity index (χ4n) is 5.29. The molecular formula is C28H28FN3O2. The monoisotopic (exact) mass is 457 g/mol. The predicted octanol–water partition coefficient (Wildman–Crippen LogP) is 4.77. The largest absolute Gasteiger partial charge is 0.370 e. The first-order chi connectivity index (χ1) is 16.6. The number of nitrogens with zero attached hydrogens (tertiary/aromatic N) is 2. The number of fused-ring (bicyclic) bond motifs is 2. The third-order valence-electron chi connectivity index (χ3n) is 7.40. The van der Waals surface area contributed by atoms with E-state index in [0.29, 0.717) is 6.54 Å². The van der Waals surface area contributed by atoms with Crippen LogP contribution in [0.15, 0.2) is 60.3 Å². The van der Waals surface area contributed by atoms with Crippen LogP contribution in [0.4, 0.5) is 4.39 Å². The van der Waals surface area contributed by atoms with Gasteiger partial charge in [0.25, 0.3) is 0 Å². The van der Waals surface area contributed by atoms with Crippen molar-refractivity contribution >= 4 is 12.0 Å². The molecule has 2 aliphatic carbocycles. The zero-order valence-electron chi connectivity index (χ0n) is 19.1. The van der Waals surface area contributed by atoms with E-state index in [0.717, 1.165) is 62.1 Å². The van der Waals surface area contributed by atoms with Crippen LogP contribution < -0.4 is 5.32 Å². The first kappa shape index (κ1) is 21.3. The van der Waals surface area contributed by atoms with Gasteiger partial charge in [-0.2, -0.15) is 5.10 Å². The Labute approximate surface area is 198 Å². The standard InChI is InChI=1S/C28H28FN3O2/c29-24-7-9-25(10-8-24)32-26-15-23-12-14-34-28(23,16-22(26)18-31-32)13-11-19-3-1-2-4-21(19)17-30-27(33)20-5-6-20/h1-4,7-10,15,18,20H,5-6,11-14,16-17H2,(H,30,33). The van der Waals surface area contributed by atoms with Crippen LogP contribution in [0.5, 0.6) is 0 Å². The number of ether oxygens (including phenoxy) is 1. The van der Waals surface area contributed by atoms with Gasteiger partial charge in [0.2, 0.25) is 5.91 Å². The Bertz CT molecular complexity index is 1260. The number of benzene rings is 2. The minimum absolute atomic E-state index is 0.177. The molecular weight excluding hydrogens is 429 g/mol. The van der Waals surface area contributed by atoms with Crippen molar-refractivity contribution in [3.05, 3.63) is 88.5 Å². The van der Waals surface area contributed by atoms with E-state index in [9.17, 15) is 9.18 Å². The molecule has 2 fully saturated rings. The van der Waals surface area contributed by atoms with Gasteiger partial charge in [-0.1, -0.05) is 24.3 Å². The zero-order chi connectivity index (χ0) is 23.1. The summed E-state index contributed by atoms with van der Waals surface area (Å²) in [5.41, 5.74) is 6.50. The van der Waals surface area contributed by atoms with Gasteiger partial charge in [0.1, 0.15) is 5.82 Å². The Morgan fingerprint density at radius 3 is 2.74 bits per heavy atom. The van der Waals surface area contributed by atoms with Crippen molar-refractivity contribution in [2.75, 3.05) is 6.61 Å². The Balaban J connectivity index is 1.21. The molecule has 1 N–H and O–H groups in total. The van der Waals surface area contributed by atoms with Crippen LogP contribution >= 0.6 is 0 Å². The molecule has 3 aliphatic rings. The third kappa shape index (κ3) is 3.96. The molecule has 2 aromatic carbocycles. The Morgan fingerprint density at radius 1 is 1.15 bits per heavy atom.